The topological polar surface area (TPSA) is 46.3 Å². The molecule has 0 radical (unpaired) electrons. The van der Waals surface area contributed by atoms with Gasteiger partial charge in [0, 0.05) is 20.0 Å². The molecular formula is C18H24N2O. The standard InChI is InChI=1S/C18H24N2O/c1-20(18(21)9-3-2-6-12-19)14-15-10-11-16-7-4-5-8-17(16)13-15/h4-5,7-8,10-11,13H,2-3,6,9,12,14,19H2,1H3. The number of hydrogen-bond acceptors (Lipinski definition) is 2. The Morgan fingerprint density at radius 2 is 1.81 bits per heavy atom. The smallest absolute Gasteiger partial charge is 0.222 e. The molecule has 0 unspecified atom stereocenters. The number of carbonyl (C=O) groups is 1. The summed E-state index contributed by atoms with van der Waals surface area (Å²) in [6, 6.07) is 14.7. The van der Waals surface area contributed by atoms with Gasteiger partial charge in [0.2, 0.25) is 5.91 Å². The van der Waals surface area contributed by atoms with Crippen molar-refractivity contribution in [2.45, 2.75) is 32.2 Å². The van der Waals surface area contributed by atoms with Crippen LogP contribution in [0.1, 0.15) is 31.2 Å². The van der Waals surface area contributed by atoms with Crippen LogP contribution in [0, 0.1) is 0 Å². The molecule has 0 heterocycles. The van der Waals surface area contributed by atoms with Crippen molar-refractivity contribution < 1.29 is 4.79 Å². The first kappa shape index (κ1) is 15.5. The Bertz CT molecular complexity index is 595. The molecule has 2 N–H and O–H groups in total. The molecule has 21 heavy (non-hydrogen) atoms. The number of nitrogens with two attached hydrogens (primary N) is 1. The number of amides is 1. The molecule has 0 aromatic heterocycles. The number of rotatable bonds is 7. The number of hydrogen-bond donors (Lipinski definition) is 1. The Morgan fingerprint density at radius 3 is 2.57 bits per heavy atom. The van der Waals surface area contributed by atoms with E-state index in [2.05, 4.69) is 30.3 Å². The molecule has 0 aliphatic rings. The van der Waals surface area contributed by atoms with E-state index in [1.54, 1.807) is 0 Å². The van der Waals surface area contributed by atoms with Crippen molar-refractivity contribution in [3.8, 4) is 0 Å². The van der Waals surface area contributed by atoms with Gasteiger partial charge >= 0.3 is 0 Å². The Labute approximate surface area is 126 Å². The SMILES string of the molecule is CN(Cc1ccc2ccccc2c1)C(=O)CCCCCN. The maximum atomic E-state index is 12.1. The Morgan fingerprint density at radius 1 is 1.05 bits per heavy atom. The lowest BCUT2D eigenvalue weighted by atomic mass is 10.1. The first-order valence-corrected chi connectivity index (χ1v) is 7.62. The summed E-state index contributed by atoms with van der Waals surface area (Å²) in [6.07, 6.45) is 3.58. The maximum Gasteiger partial charge on any atom is 0.222 e. The van der Waals surface area contributed by atoms with Crippen molar-refractivity contribution in [3.05, 3.63) is 48.0 Å². The van der Waals surface area contributed by atoms with E-state index < -0.39 is 0 Å². The van der Waals surface area contributed by atoms with Crippen molar-refractivity contribution in [2.24, 2.45) is 5.73 Å². The lowest BCUT2D eigenvalue weighted by Crippen LogP contribution is -2.25. The summed E-state index contributed by atoms with van der Waals surface area (Å²) in [7, 11) is 1.88. The molecule has 2 rings (SSSR count). The molecule has 0 spiro atoms. The van der Waals surface area contributed by atoms with Gasteiger partial charge < -0.3 is 10.6 Å². The fraction of sp³-hybridized carbons (Fsp3) is 0.389. The van der Waals surface area contributed by atoms with Crippen LogP contribution in [-0.4, -0.2) is 24.4 Å². The third kappa shape index (κ3) is 4.57. The molecule has 0 atom stereocenters. The van der Waals surface area contributed by atoms with E-state index >= 15 is 0 Å². The monoisotopic (exact) mass is 284 g/mol. The van der Waals surface area contributed by atoms with Crippen molar-refractivity contribution in [2.75, 3.05) is 13.6 Å². The van der Waals surface area contributed by atoms with Crippen LogP contribution in [0.2, 0.25) is 0 Å². The van der Waals surface area contributed by atoms with Gasteiger partial charge in [-0.1, -0.05) is 42.8 Å². The van der Waals surface area contributed by atoms with Crippen molar-refractivity contribution in [3.63, 3.8) is 0 Å². The summed E-state index contributed by atoms with van der Waals surface area (Å²) < 4.78 is 0. The summed E-state index contributed by atoms with van der Waals surface area (Å²) in [5.74, 6) is 0.209. The summed E-state index contributed by atoms with van der Waals surface area (Å²) in [6.45, 7) is 1.38. The fourth-order valence-electron chi connectivity index (χ4n) is 2.49. The quantitative estimate of drug-likeness (QED) is 0.793. The van der Waals surface area contributed by atoms with Crippen molar-refractivity contribution >= 4 is 16.7 Å². The molecular weight excluding hydrogens is 260 g/mol. The zero-order valence-corrected chi connectivity index (χ0v) is 12.7. The average molecular weight is 284 g/mol. The molecule has 112 valence electrons. The van der Waals surface area contributed by atoms with E-state index in [1.165, 1.54) is 16.3 Å². The molecule has 0 fully saturated rings. The number of unbranched alkanes of at least 4 members (excludes halogenated alkanes) is 2. The first-order chi connectivity index (χ1) is 10.2. The van der Waals surface area contributed by atoms with Crippen molar-refractivity contribution in [1.29, 1.82) is 0 Å². The van der Waals surface area contributed by atoms with E-state index in [-0.39, 0.29) is 5.91 Å². The highest BCUT2D eigenvalue weighted by atomic mass is 16.2. The van der Waals surface area contributed by atoms with Crippen LogP contribution in [0.5, 0.6) is 0 Å². The van der Waals surface area contributed by atoms with Crippen LogP contribution in [0.25, 0.3) is 10.8 Å². The fourth-order valence-corrected chi connectivity index (χ4v) is 2.49. The molecule has 0 aliphatic heterocycles. The maximum absolute atomic E-state index is 12.1. The normalized spacial score (nSPS) is 10.8. The molecule has 2 aromatic carbocycles. The molecule has 0 saturated carbocycles. The molecule has 0 bridgehead atoms. The molecule has 3 nitrogen and oxygen atoms in total. The number of nitrogens with zero attached hydrogens (tertiary/aromatic N) is 1. The van der Waals surface area contributed by atoms with Gasteiger partial charge in [0.15, 0.2) is 0 Å². The average Bonchev–Trinajstić information content (AvgIpc) is 2.51. The second-order valence-corrected chi connectivity index (χ2v) is 5.53. The van der Waals surface area contributed by atoms with Gasteiger partial charge in [0.1, 0.15) is 0 Å². The first-order valence-electron chi connectivity index (χ1n) is 7.62. The Kier molecular flexibility index (Phi) is 5.76. The molecule has 2 aromatic rings. The van der Waals surface area contributed by atoms with Crippen LogP contribution in [-0.2, 0) is 11.3 Å². The van der Waals surface area contributed by atoms with Crippen LogP contribution in [0.4, 0.5) is 0 Å². The lowest BCUT2D eigenvalue weighted by Gasteiger charge is -2.17. The van der Waals surface area contributed by atoms with Gasteiger partial charge in [-0.15, -0.1) is 0 Å². The van der Waals surface area contributed by atoms with E-state index in [4.69, 9.17) is 5.73 Å². The van der Waals surface area contributed by atoms with Crippen LogP contribution < -0.4 is 5.73 Å². The van der Waals surface area contributed by atoms with Gasteiger partial charge in [-0.2, -0.15) is 0 Å². The molecule has 1 amide bonds. The number of benzene rings is 2. The largest absolute Gasteiger partial charge is 0.341 e. The minimum atomic E-state index is 0.209. The van der Waals surface area contributed by atoms with Crippen LogP contribution in [0.15, 0.2) is 42.5 Å². The molecule has 0 saturated heterocycles. The summed E-state index contributed by atoms with van der Waals surface area (Å²) in [5.41, 5.74) is 6.63. The zero-order valence-electron chi connectivity index (χ0n) is 12.7. The highest BCUT2D eigenvalue weighted by molar-refractivity contribution is 5.83. The molecule has 0 aliphatic carbocycles. The number of fused-ring (bicyclic) bond motifs is 1. The predicted octanol–water partition coefficient (Wildman–Crippen LogP) is 3.32. The third-order valence-corrected chi connectivity index (χ3v) is 3.75. The summed E-state index contributed by atoms with van der Waals surface area (Å²) >= 11 is 0. The predicted molar refractivity (Wildman–Crippen MR) is 87.9 cm³/mol. The van der Waals surface area contributed by atoms with E-state index in [0.717, 1.165) is 19.3 Å². The van der Waals surface area contributed by atoms with Crippen LogP contribution >= 0.6 is 0 Å². The van der Waals surface area contributed by atoms with Crippen LogP contribution in [0.3, 0.4) is 0 Å². The number of carbonyl (C=O) groups excluding carboxylic acids is 1. The second-order valence-electron chi connectivity index (χ2n) is 5.53. The van der Waals surface area contributed by atoms with E-state index in [0.29, 0.717) is 19.5 Å². The summed E-state index contributed by atoms with van der Waals surface area (Å²) in [5, 5.41) is 2.45. The summed E-state index contributed by atoms with van der Waals surface area (Å²) in [4.78, 5) is 13.9. The van der Waals surface area contributed by atoms with Crippen molar-refractivity contribution in [1.82, 2.24) is 4.90 Å². The second kappa shape index (κ2) is 7.79. The minimum Gasteiger partial charge on any atom is -0.341 e. The van der Waals surface area contributed by atoms with Gasteiger partial charge in [0.05, 0.1) is 0 Å². The Balaban J connectivity index is 1.91. The zero-order chi connectivity index (χ0) is 15.1. The van der Waals surface area contributed by atoms with Gasteiger partial charge in [-0.05, 0) is 41.8 Å². The third-order valence-electron chi connectivity index (χ3n) is 3.75. The Hall–Kier alpha value is -1.87. The highest BCUT2D eigenvalue weighted by Gasteiger charge is 2.09. The highest BCUT2D eigenvalue weighted by Crippen LogP contribution is 2.17. The van der Waals surface area contributed by atoms with E-state index in [1.807, 2.05) is 24.1 Å². The van der Waals surface area contributed by atoms with E-state index in [9.17, 15) is 4.79 Å². The lowest BCUT2D eigenvalue weighted by molar-refractivity contribution is -0.130. The minimum absolute atomic E-state index is 0.209. The van der Waals surface area contributed by atoms with Gasteiger partial charge in [-0.3, -0.25) is 4.79 Å². The van der Waals surface area contributed by atoms with Gasteiger partial charge in [0.25, 0.3) is 0 Å². The van der Waals surface area contributed by atoms with Gasteiger partial charge in [-0.25, -0.2) is 0 Å². The molecule has 3 heteroatoms.